The van der Waals surface area contributed by atoms with Crippen molar-refractivity contribution < 1.29 is 5.11 Å². The minimum absolute atomic E-state index is 0.0271. The van der Waals surface area contributed by atoms with Gasteiger partial charge in [-0.1, -0.05) is 82.8 Å². The Morgan fingerprint density at radius 3 is 1.24 bits per heavy atom. The molecule has 0 aromatic rings. The Kier molecular flexibility index (Phi) is 13.1. The highest BCUT2D eigenvalue weighted by Crippen LogP contribution is 2.15. The van der Waals surface area contributed by atoms with Gasteiger partial charge in [0, 0.05) is 0 Å². The van der Waals surface area contributed by atoms with Gasteiger partial charge in [-0.2, -0.15) is 0 Å². The number of hydrogen-bond donors (Lipinski definition) is 1. The number of aliphatic hydroxyl groups is 1. The molecular weight excluding hydrogens is 256 g/mol. The summed E-state index contributed by atoms with van der Waals surface area (Å²) in [6, 6.07) is 0. The van der Waals surface area contributed by atoms with Gasteiger partial charge in [-0.25, -0.2) is 0 Å². The summed E-state index contributed by atoms with van der Waals surface area (Å²) in [7, 11) is 0. The molecule has 0 aliphatic heterocycles. The first-order valence-electron chi connectivity index (χ1n) is 9.72. The van der Waals surface area contributed by atoms with Crippen LogP contribution in [0, 0.1) is 0 Å². The van der Waals surface area contributed by atoms with E-state index in [1.807, 2.05) is 0 Å². The highest BCUT2D eigenvalue weighted by atomic mass is 16.3. The zero-order valence-corrected chi connectivity index (χ0v) is 14.2. The molecule has 1 atom stereocenters. The van der Waals surface area contributed by atoms with Crippen LogP contribution in [-0.2, 0) is 0 Å². The van der Waals surface area contributed by atoms with E-state index in [9.17, 15) is 5.11 Å². The maximum Gasteiger partial charge on any atom is 0.0540 e. The Balaban J connectivity index is 2.13. The summed E-state index contributed by atoms with van der Waals surface area (Å²) in [6.07, 6.45) is 26.9. The average molecular weight is 295 g/mol. The van der Waals surface area contributed by atoms with Crippen molar-refractivity contribution in [2.24, 2.45) is 0 Å². The van der Waals surface area contributed by atoms with E-state index >= 15 is 0 Å². The molecule has 1 heteroatoms. The lowest BCUT2D eigenvalue weighted by molar-refractivity contribution is 0.147. The lowest BCUT2D eigenvalue weighted by Crippen LogP contribution is -2.05. The maximum atomic E-state index is 9.96. The minimum atomic E-state index is -0.0271. The van der Waals surface area contributed by atoms with Crippen molar-refractivity contribution in [1.82, 2.24) is 0 Å². The zero-order valence-electron chi connectivity index (χ0n) is 14.2. The molecule has 1 rings (SSSR count). The van der Waals surface area contributed by atoms with Crippen LogP contribution < -0.4 is 0 Å². The van der Waals surface area contributed by atoms with Crippen LogP contribution in [0.15, 0.2) is 12.2 Å². The summed E-state index contributed by atoms with van der Waals surface area (Å²) < 4.78 is 0. The molecule has 0 heterocycles. The van der Waals surface area contributed by atoms with E-state index in [2.05, 4.69) is 12.2 Å². The predicted molar refractivity (Wildman–Crippen MR) is 93.6 cm³/mol. The average Bonchev–Trinajstić information content (AvgIpc) is 2.48. The lowest BCUT2D eigenvalue weighted by atomic mass is 10.0. The molecule has 1 unspecified atom stereocenters. The Morgan fingerprint density at radius 2 is 0.810 bits per heavy atom. The Hall–Kier alpha value is -0.300. The first kappa shape index (κ1) is 18.7. The van der Waals surface area contributed by atoms with E-state index in [-0.39, 0.29) is 6.10 Å². The third-order valence-corrected chi connectivity index (χ3v) is 4.73. The van der Waals surface area contributed by atoms with E-state index in [4.69, 9.17) is 0 Å². The smallest absolute Gasteiger partial charge is 0.0540 e. The molecule has 21 heavy (non-hydrogen) atoms. The van der Waals surface area contributed by atoms with E-state index in [0.29, 0.717) is 0 Å². The van der Waals surface area contributed by atoms with E-state index < -0.39 is 0 Å². The van der Waals surface area contributed by atoms with Crippen LogP contribution in [0.25, 0.3) is 0 Å². The van der Waals surface area contributed by atoms with Gasteiger partial charge < -0.3 is 5.11 Å². The fraction of sp³-hybridized carbons (Fsp3) is 0.900. The van der Waals surface area contributed by atoms with E-state index in [0.717, 1.165) is 12.8 Å². The van der Waals surface area contributed by atoms with Crippen molar-refractivity contribution >= 4 is 0 Å². The third kappa shape index (κ3) is 13.1. The van der Waals surface area contributed by atoms with Gasteiger partial charge in [0.1, 0.15) is 0 Å². The monoisotopic (exact) mass is 294 g/mol. The van der Waals surface area contributed by atoms with Gasteiger partial charge in [-0.15, -0.1) is 0 Å². The van der Waals surface area contributed by atoms with Crippen LogP contribution >= 0.6 is 0 Å². The molecule has 124 valence electrons. The number of aliphatic hydroxyl groups excluding tert-OH is 1. The number of rotatable bonds is 0. The number of hydrogen-bond acceptors (Lipinski definition) is 1. The molecule has 0 bridgehead atoms. The van der Waals surface area contributed by atoms with E-state index in [1.54, 1.807) is 0 Å². The van der Waals surface area contributed by atoms with Crippen LogP contribution in [0.5, 0.6) is 0 Å². The van der Waals surface area contributed by atoms with Crippen LogP contribution in [0.1, 0.15) is 109 Å². The highest BCUT2D eigenvalue weighted by Gasteiger charge is 2.03. The first-order valence-corrected chi connectivity index (χ1v) is 9.72. The van der Waals surface area contributed by atoms with Gasteiger partial charge in [-0.3, -0.25) is 0 Å². The molecule has 1 aliphatic carbocycles. The summed E-state index contributed by atoms with van der Waals surface area (Å²) in [5, 5.41) is 9.96. The highest BCUT2D eigenvalue weighted by molar-refractivity contribution is 4.81. The normalized spacial score (nSPS) is 26.2. The van der Waals surface area contributed by atoms with E-state index in [1.165, 1.54) is 96.3 Å². The predicted octanol–water partition coefficient (Wildman–Crippen LogP) is 6.55. The summed E-state index contributed by atoms with van der Waals surface area (Å²) in [6.45, 7) is 0. The lowest BCUT2D eigenvalue weighted by Gasteiger charge is -2.10. The van der Waals surface area contributed by atoms with Gasteiger partial charge in [0.15, 0.2) is 0 Å². The molecule has 0 saturated carbocycles. The molecule has 0 saturated heterocycles. The molecule has 0 spiro atoms. The Morgan fingerprint density at radius 1 is 0.476 bits per heavy atom. The number of allylic oxidation sites excluding steroid dienone is 2. The molecule has 1 aliphatic rings. The van der Waals surface area contributed by atoms with Gasteiger partial charge in [-0.05, 0) is 38.5 Å². The fourth-order valence-electron chi connectivity index (χ4n) is 3.26. The molecule has 0 fully saturated rings. The third-order valence-electron chi connectivity index (χ3n) is 4.73. The second-order valence-electron chi connectivity index (χ2n) is 6.88. The molecule has 1 nitrogen and oxygen atoms in total. The van der Waals surface area contributed by atoms with Crippen LogP contribution in [0.4, 0.5) is 0 Å². The molecule has 0 aromatic carbocycles. The fourth-order valence-corrected chi connectivity index (χ4v) is 3.26. The zero-order chi connectivity index (χ0) is 15.0. The SMILES string of the molecule is OC1CCCCCCCCC=CCCCCCCCCC1. The van der Waals surface area contributed by atoms with Gasteiger partial charge in [0.05, 0.1) is 6.10 Å². The quantitative estimate of drug-likeness (QED) is 0.502. The summed E-state index contributed by atoms with van der Waals surface area (Å²) in [5.74, 6) is 0. The summed E-state index contributed by atoms with van der Waals surface area (Å²) in [5.41, 5.74) is 0. The summed E-state index contributed by atoms with van der Waals surface area (Å²) >= 11 is 0. The molecule has 0 radical (unpaired) electrons. The van der Waals surface area contributed by atoms with Crippen LogP contribution in [0.3, 0.4) is 0 Å². The van der Waals surface area contributed by atoms with Crippen LogP contribution in [0.2, 0.25) is 0 Å². The second-order valence-corrected chi connectivity index (χ2v) is 6.88. The van der Waals surface area contributed by atoms with Crippen molar-refractivity contribution in [1.29, 1.82) is 0 Å². The van der Waals surface area contributed by atoms with Gasteiger partial charge in [0.2, 0.25) is 0 Å². The Bertz CT molecular complexity index is 234. The van der Waals surface area contributed by atoms with Crippen molar-refractivity contribution in [2.75, 3.05) is 0 Å². The van der Waals surface area contributed by atoms with Gasteiger partial charge >= 0.3 is 0 Å². The molecule has 0 amide bonds. The molecular formula is C20H38O. The van der Waals surface area contributed by atoms with Crippen LogP contribution in [-0.4, -0.2) is 11.2 Å². The van der Waals surface area contributed by atoms with Crippen molar-refractivity contribution in [3.8, 4) is 0 Å². The Labute approximate surface area is 133 Å². The molecule has 0 aromatic heterocycles. The topological polar surface area (TPSA) is 20.2 Å². The first-order chi connectivity index (χ1) is 10.4. The van der Waals surface area contributed by atoms with Crippen molar-refractivity contribution in [3.63, 3.8) is 0 Å². The van der Waals surface area contributed by atoms with Crippen molar-refractivity contribution in [3.05, 3.63) is 12.2 Å². The van der Waals surface area contributed by atoms with Crippen molar-refractivity contribution in [2.45, 2.75) is 115 Å². The molecule has 1 N–H and O–H groups in total. The minimum Gasteiger partial charge on any atom is -0.393 e. The summed E-state index contributed by atoms with van der Waals surface area (Å²) in [4.78, 5) is 0. The standard InChI is InChI=1S/C20H38O/c21-20-18-16-14-12-10-8-6-4-2-1-3-5-7-9-11-13-15-17-19-20/h1-2,20-21H,3-19H2. The second kappa shape index (κ2) is 14.6. The maximum absolute atomic E-state index is 9.96. The van der Waals surface area contributed by atoms with Gasteiger partial charge in [0.25, 0.3) is 0 Å². The largest absolute Gasteiger partial charge is 0.393 e.